The molecule has 5 heteroatoms. The van der Waals surface area contributed by atoms with E-state index in [1.807, 2.05) is 0 Å². The Hall–Kier alpha value is -1.46. The minimum absolute atomic E-state index is 0.285. The van der Waals surface area contributed by atoms with E-state index in [0.29, 0.717) is 30.1 Å². The van der Waals surface area contributed by atoms with Crippen LogP contribution in [0.4, 0.5) is 4.39 Å². The highest BCUT2D eigenvalue weighted by Crippen LogP contribution is 2.28. The van der Waals surface area contributed by atoms with Crippen molar-refractivity contribution in [2.45, 2.75) is 58.2 Å². The van der Waals surface area contributed by atoms with Crippen LogP contribution in [-0.2, 0) is 17.7 Å². The molecule has 1 saturated heterocycles. The Bertz CT molecular complexity index is 634. The third-order valence-electron chi connectivity index (χ3n) is 5.62. The van der Waals surface area contributed by atoms with E-state index in [0.717, 1.165) is 37.1 Å². The van der Waals surface area contributed by atoms with Crippen LogP contribution in [0.15, 0.2) is 12.1 Å². The molecule has 3 unspecified atom stereocenters. The van der Waals surface area contributed by atoms with Crippen LogP contribution in [0.2, 0.25) is 0 Å². The van der Waals surface area contributed by atoms with Gasteiger partial charge in [-0.15, -0.1) is 0 Å². The van der Waals surface area contributed by atoms with Crippen molar-refractivity contribution in [2.24, 2.45) is 5.92 Å². The van der Waals surface area contributed by atoms with Crippen molar-refractivity contribution in [1.29, 1.82) is 0 Å². The molecule has 0 bridgehead atoms. The Morgan fingerprint density at radius 1 is 1.40 bits per heavy atom. The number of ether oxygens (including phenoxy) is 1. The predicted molar refractivity (Wildman–Crippen MR) is 96.1 cm³/mol. The van der Waals surface area contributed by atoms with Crippen molar-refractivity contribution in [3.63, 3.8) is 0 Å². The fourth-order valence-electron chi connectivity index (χ4n) is 4.40. The molecule has 0 radical (unpaired) electrons. The summed E-state index contributed by atoms with van der Waals surface area (Å²) < 4.78 is 19.2. The molecule has 1 N–H and O–H groups in total. The number of hydrogen-bond donors (Lipinski definition) is 1. The first-order valence-electron chi connectivity index (χ1n) is 9.38. The number of nitrogens with zero attached hydrogens (tertiary/aromatic N) is 1. The first kappa shape index (κ1) is 18.3. The molecule has 25 heavy (non-hydrogen) atoms. The van der Waals surface area contributed by atoms with Crippen molar-refractivity contribution in [3.8, 4) is 0 Å². The second kappa shape index (κ2) is 7.83. The van der Waals surface area contributed by atoms with Crippen LogP contribution in [0.1, 0.15) is 54.6 Å². The van der Waals surface area contributed by atoms with Gasteiger partial charge in [0.05, 0.1) is 12.7 Å². The summed E-state index contributed by atoms with van der Waals surface area (Å²) in [7, 11) is 1.32. The topological polar surface area (TPSA) is 41.6 Å². The fraction of sp³-hybridized carbons (Fsp3) is 0.650. The number of fused-ring (bicyclic) bond motifs is 1. The maximum Gasteiger partial charge on any atom is 0.337 e. The number of rotatable bonds is 4. The monoisotopic (exact) mass is 348 g/mol. The second-order valence-electron chi connectivity index (χ2n) is 7.58. The highest BCUT2D eigenvalue weighted by Gasteiger charge is 2.28. The minimum Gasteiger partial charge on any atom is -0.465 e. The van der Waals surface area contributed by atoms with Crippen LogP contribution in [0.25, 0.3) is 0 Å². The summed E-state index contributed by atoms with van der Waals surface area (Å²) in [5, 5.41) is 3.66. The van der Waals surface area contributed by atoms with E-state index in [1.54, 1.807) is 6.07 Å². The van der Waals surface area contributed by atoms with E-state index >= 15 is 0 Å². The molecule has 2 aliphatic rings. The molecule has 0 aliphatic carbocycles. The Morgan fingerprint density at radius 3 is 2.92 bits per heavy atom. The summed E-state index contributed by atoms with van der Waals surface area (Å²) in [6.07, 6.45) is 4.33. The maximum absolute atomic E-state index is 14.5. The van der Waals surface area contributed by atoms with Crippen molar-refractivity contribution in [2.75, 3.05) is 20.2 Å². The minimum atomic E-state index is -0.474. The molecule has 2 aliphatic heterocycles. The van der Waals surface area contributed by atoms with E-state index in [-0.39, 0.29) is 5.82 Å². The third kappa shape index (κ3) is 4.21. The van der Waals surface area contributed by atoms with Gasteiger partial charge in [0, 0.05) is 37.3 Å². The van der Waals surface area contributed by atoms with E-state index in [4.69, 9.17) is 4.74 Å². The van der Waals surface area contributed by atoms with Gasteiger partial charge >= 0.3 is 5.97 Å². The summed E-state index contributed by atoms with van der Waals surface area (Å²) >= 11 is 0. The zero-order valence-corrected chi connectivity index (χ0v) is 15.5. The van der Waals surface area contributed by atoms with E-state index < -0.39 is 5.97 Å². The average Bonchev–Trinajstić information content (AvgIpc) is 2.60. The zero-order valence-electron chi connectivity index (χ0n) is 15.5. The molecule has 0 saturated carbocycles. The number of esters is 1. The molecule has 4 nitrogen and oxygen atoms in total. The molecule has 0 aromatic heterocycles. The van der Waals surface area contributed by atoms with Gasteiger partial charge < -0.3 is 10.1 Å². The molecule has 0 amide bonds. The summed E-state index contributed by atoms with van der Waals surface area (Å²) in [5.41, 5.74) is 2.00. The number of benzene rings is 1. The van der Waals surface area contributed by atoms with Gasteiger partial charge in [-0.25, -0.2) is 9.18 Å². The largest absolute Gasteiger partial charge is 0.465 e. The summed E-state index contributed by atoms with van der Waals surface area (Å²) in [4.78, 5) is 14.0. The summed E-state index contributed by atoms with van der Waals surface area (Å²) in [6, 6.07) is 4.26. The number of methoxy groups -OCH3 is 1. The van der Waals surface area contributed by atoms with Gasteiger partial charge in [-0.05, 0) is 56.2 Å². The molecule has 3 rings (SSSR count). The molecule has 0 spiro atoms. The number of piperidine rings is 1. The van der Waals surface area contributed by atoms with Crippen LogP contribution < -0.4 is 5.32 Å². The van der Waals surface area contributed by atoms with E-state index in [9.17, 15) is 9.18 Å². The standard InChI is InChI=1S/C20H29FN2O2/c1-4-17-8-14(7-13(2)22-17)11-23-6-5-15-9-16(20(24)25-3)10-19(21)18(15)12-23/h9-10,13-14,17,22H,4-8,11-12H2,1-3H3. The lowest BCUT2D eigenvalue weighted by atomic mass is 9.86. The van der Waals surface area contributed by atoms with Crippen LogP contribution in [0.5, 0.6) is 0 Å². The molecule has 2 heterocycles. The zero-order chi connectivity index (χ0) is 18.0. The Balaban J connectivity index is 1.68. The molecule has 1 aromatic carbocycles. The van der Waals surface area contributed by atoms with Gasteiger partial charge in [0.1, 0.15) is 5.82 Å². The predicted octanol–water partition coefficient (Wildman–Crippen LogP) is 3.14. The number of carbonyl (C=O) groups excluding carboxylic acids is 1. The SMILES string of the molecule is CCC1CC(CN2CCc3cc(C(=O)OC)cc(F)c3C2)CC(C)N1. The number of halogens is 1. The fourth-order valence-corrected chi connectivity index (χ4v) is 4.40. The lowest BCUT2D eigenvalue weighted by molar-refractivity contribution is 0.0600. The molecular weight excluding hydrogens is 319 g/mol. The molecule has 3 atom stereocenters. The average molecular weight is 348 g/mol. The van der Waals surface area contributed by atoms with E-state index in [2.05, 4.69) is 24.1 Å². The van der Waals surface area contributed by atoms with Crippen molar-refractivity contribution in [3.05, 3.63) is 34.6 Å². The Labute approximate surface area is 149 Å². The number of hydrogen-bond acceptors (Lipinski definition) is 4. The molecule has 1 aromatic rings. The second-order valence-corrected chi connectivity index (χ2v) is 7.58. The number of nitrogens with one attached hydrogen (secondary N) is 1. The van der Waals surface area contributed by atoms with Crippen LogP contribution >= 0.6 is 0 Å². The van der Waals surface area contributed by atoms with Gasteiger partial charge in [-0.1, -0.05) is 6.92 Å². The van der Waals surface area contributed by atoms with Gasteiger partial charge in [-0.3, -0.25) is 4.90 Å². The van der Waals surface area contributed by atoms with Crippen LogP contribution in [0, 0.1) is 11.7 Å². The number of carbonyl (C=O) groups is 1. The van der Waals surface area contributed by atoms with Crippen LogP contribution in [0.3, 0.4) is 0 Å². The highest BCUT2D eigenvalue weighted by atomic mass is 19.1. The van der Waals surface area contributed by atoms with Crippen LogP contribution in [-0.4, -0.2) is 43.2 Å². The first-order chi connectivity index (χ1) is 12.0. The molecule has 138 valence electrons. The maximum atomic E-state index is 14.5. The molecule has 1 fully saturated rings. The van der Waals surface area contributed by atoms with Crippen molar-refractivity contribution in [1.82, 2.24) is 10.2 Å². The quantitative estimate of drug-likeness (QED) is 0.849. The van der Waals surface area contributed by atoms with Crippen molar-refractivity contribution >= 4 is 5.97 Å². The molecular formula is C20H29FN2O2. The highest BCUT2D eigenvalue weighted by molar-refractivity contribution is 5.89. The van der Waals surface area contributed by atoms with Gasteiger partial charge in [0.15, 0.2) is 0 Å². The summed E-state index contributed by atoms with van der Waals surface area (Å²) in [5.74, 6) is -0.0914. The first-order valence-corrected chi connectivity index (χ1v) is 9.38. The Kier molecular flexibility index (Phi) is 5.74. The lowest BCUT2D eigenvalue weighted by Gasteiger charge is -2.38. The van der Waals surface area contributed by atoms with E-state index in [1.165, 1.54) is 26.0 Å². The third-order valence-corrected chi connectivity index (χ3v) is 5.62. The van der Waals surface area contributed by atoms with Crippen molar-refractivity contribution < 1.29 is 13.9 Å². The smallest absolute Gasteiger partial charge is 0.337 e. The summed E-state index contributed by atoms with van der Waals surface area (Å²) in [6.45, 7) is 7.08. The van der Waals surface area contributed by atoms with Gasteiger partial charge in [-0.2, -0.15) is 0 Å². The van der Waals surface area contributed by atoms with Gasteiger partial charge in [0.25, 0.3) is 0 Å². The van der Waals surface area contributed by atoms with Gasteiger partial charge in [0.2, 0.25) is 0 Å². The normalized spacial score (nSPS) is 27.0. The lowest BCUT2D eigenvalue weighted by Crippen LogP contribution is -2.47. The Morgan fingerprint density at radius 2 is 2.20 bits per heavy atom.